The van der Waals surface area contributed by atoms with E-state index >= 15 is 0 Å². The number of aromatic nitrogens is 1. The highest BCUT2D eigenvalue weighted by Crippen LogP contribution is 2.39. The molecule has 0 aromatic carbocycles. The number of hydrogen-bond donors (Lipinski definition) is 1. The van der Waals surface area contributed by atoms with Crippen molar-refractivity contribution in [2.75, 3.05) is 17.2 Å². The van der Waals surface area contributed by atoms with Crippen molar-refractivity contribution in [3.63, 3.8) is 0 Å². The minimum atomic E-state index is 0.680. The summed E-state index contributed by atoms with van der Waals surface area (Å²) in [7, 11) is 0. The largest absolute Gasteiger partial charge is 0.396 e. The summed E-state index contributed by atoms with van der Waals surface area (Å²) in [5.74, 6) is 1.86. The Morgan fingerprint density at radius 2 is 2.12 bits per heavy atom. The van der Waals surface area contributed by atoms with Crippen molar-refractivity contribution in [2.24, 2.45) is 5.92 Å². The highest BCUT2D eigenvalue weighted by Gasteiger charge is 2.36. The Labute approximate surface area is 111 Å². The summed E-state index contributed by atoms with van der Waals surface area (Å²) in [6.45, 7) is 1.12. The summed E-state index contributed by atoms with van der Waals surface area (Å²) >= 11 is 3.41. The van der Waals surface area contributed by atoms with Gasteiger partial charge in [-0.3, -0.25) is 0 Å². The Balaban J connectivity index is 1.88. The molecule has 92 valence electrons. The topological polar surface area (TPSA) is 42.1 Å². The van der Waals surface area contributed by atoms with Crippen LogP contribution in [0.25, 0.3) is 0 Å². The van der Waals surface area contributed by atoms with Crippen molar-refractivity contribution in [1.29, 1.82) is 0 Å². The van der Waals surface area contributed by atoms with E-state index in [9.17, 15) is 0 Å². The third kappa shape index (κ3) is 2.03. The van der Waals surface area contributed by atoms with Crippen molar-refractivity contribution in [3.8, 4) is 0 Å². The molecule has 1 saturated carbocycles. The first kappa shape index (κ1) is 11.3. The van der Waals surface area contributed by atoms with Gasteiger partial charge in [0.15, 0.2) is 5.82 Å². The van der Waals surface area contributed by atoms with Gasteiger partial charge in [-0.05, 0) is 47.2 Å². The van der Waals surface area contributed by atoms with Crippen molar-refractivity contribution in [2.45, 2.75) is 38.1 Å². The summed E-state index contributed by atoms with van der Waals surface area (Å²) in [6.07, 6.45) is 8.61. The zero-order valence-electron chi connectivity index (χ0n) is 9.90. The van der Waals surface area contributed by atoms with Crippen LogP contribution in [0.2, 0.25) is 0 Å². The van der Waals surface area contributed by atoms with Crippen LogP contribution >= 0.6 is 15.9 Å². The lowest BCUT2D eigenvalue weighted by Crippen LogP contribution is -2.35. The molecule has 0 spiro atoms. The molecule has 1 aliphatic carbocycles. The Bertz CT molecular complexity index is 421. The van der Waals surface area contributed by atoms with E-state index < -0.39 is 0 Å². The van der Waals surface area contributed by atoms with Gasteiger partial charge in [0, 0.05) is 23.3 Å². The van der Waals surface area contributed by atoms with E-state index in [-0.39, 0.29) is 0 Å². The van der Waals surface area contributed by atoms with Crippen molar-refractivity contribution < 1.29 is 0 Å². The van der Waals surface area contributed by atoms with Gasteiger partial charge in [0.2, 0.25) is 0 Å². The maximum absolute atomic E-state index is 6.09. The SMILES string of the molecule is Nc1cc(Br)cnc1N1CCC2CCCCC21. The van der Waals surface area contributed by atoms with E-state index in [4.69, 9.17) is 5.73 Å². The summed E-state index contributed by atoms with van der Waals surface area (Å²) in [5, 5.41) is 0. The van der Waals surface area contributed by atoms with Gasteiger partial charge in [0.05, 0.1) is 5.69 Å². The normalized spacial score (nSPS) is 28.2. The molecule has 1 aromatic heterocycles. The van der Waals surface area contributed by atoms with Crippen LogP contribution in [0, 0.1) is 5.92 Å². The van der Waals surface area contributed by atoms with Gasteiger partial charge in [-0.15, -0.1) is 0 Å². The molecule has 3 nitrogen and oxygen atoms in total. The van der Waals surface area contributed by atoms with Gasteiger partial charge < -0.3 is 10.6 Å². The predicted octanol–water partition coefficient (Wildman–Crippen LogP) is 3.20. The van der Waals surface area contributed by atoms with Crippen LogP contribution in [0.4, 0.5) is 11.5 Å². The van der Waals surface area contributed by atoms with Gasteiger partial charge >= 0.3 is 0 Å². The van der Waals surface area contributed by atoms with Crippen LogP contribution in [0.15, 0.2) is 16.7 Å². The van der Waals surface area contributed by atoms with Crippen LogP contribution in [-0.2, 0) is 0 Å². The molecule has 2 unspecified atom stereocenters. The molecular weight excluding hydrogens is 278 g/mol. The van der Waals surface area contributed by atoms with Gasteiger partial charge in [-0.25, -0.2) is 4.98 Å². The van der Waals surface area contributed by atoms with Gasteiger partial charge in [0.25, 0.3) is 0 Å². The molecule has 17 heavy (non-hydrogen) atoms. The molecule has 0 radical (unpaired) electrons. The monoisotopic (exact) mass is 295 g/mol. The lowest BCUT2D eigenvalue weighted by molar-refractivity contribution is 0.341. The summed E-state index contributed by atoms with van der Waals surface area (Å²) < 4.78 is 0.957. The van der Waals surface area contributed by atoms with Gasteiger partial charge in [-0.2, -0.15) is 0 Å². The quantitative estimate of drug-likeness (QED) is 0.865. The zero-order chi connectivity index (χ0) is 11.8. The Morgan fingerprint density at radius 3 is 2.94 bits per heavy atom. The van der Waals surface area contributed by atoms with Crippen LogP contribution in [0.3, 0.4) is 0 Å². The van der Waals surface area contributed by atoms with E-state index in [1.807, 2.05) is 12.3 Å². The standard InChI is InChI=1S/C13H18BrN3/c14-10-7-11(15)13(16-8-10)17-6-5-9-3-1-2-4-12(9)17/h7-9,12H,1-6,15H2. The number of nitrogens with two attached hydrogens (primary N) is 1. The van der Waals surface area contributed by atoms with Crippen LogP contribution in [-0.4, -0.2) is 17.6 Å². The average Bonchev–Trinajstić information content (AvgIpc) is 2.73. The van der Waals surface area contributed by atoms with E-state index in [0.717, 1.165) is 28.4 Å². The second-order valence-corrected chi connectivity index (χ2v) is 6.08. The molecule has 2 fully saturated rings. The van der Waals surface area contributed by atoms with Crippen molar-refractivity contribution in [3.05, 3.63) is 16.7 Å². The Morgan fingerprint density at radius 1 is 1.29 bits per heavy atom. The van der Waals surface area contributed by atoms with E-state index in [0.29, 0.717) is 6.04 Å². The Kier molecular flexibility index (Phi) is 2.99. The molecule has 2 aliphatic rings. The number of nitrogen functional groups attached to an aromatic ring is 1. The molecule has 1 saturated heterocycles. The third-order valence-electron chi connectivity index (χ3n) is 4.14. The first-order chi connectivity index (χ1) is 8.25. The number of hydrogen-bond acceptors (Lipinski definition) is 3. The summed E-state index contributed by atoms with van der Waals surface area (Å²) in [5.41, 5.74) is 6.89. The van der Waals surface area contributed by atoms with Crippen molar-refractivity contribution >= 4 is 27.4 Å². The first-order valence-electron chi connectivity index (χ1n) is 6.43. The molecule has 1 aliphatic heterocycles. The third-order valence-corrected chi connectivity index (χ3v) is 4.58. The minimum absolute atomic E-state index is 0.680. The second kappa shape index (κ2) is 4.48. The molecule has 4 heteroatoms. The summed E-state index contributed by atoms with van der Waals surface area (Å²) in [6, 6.07) is 2.64. The summed E-state index contributed by atoms with van der Waals surface area (Å²) in [4.78, 5) is 6.94. The van der Waals surface area contributed by atoms with E-state index in [2.05, 4.69) is 25.8 Å². The number of halogens is 1. The van der Waals surface area contributed by atoms with E-state index in [1.54, 1.807) is 0 Å². The van der Waals surface area contributed by atoms with Crippen LogP contribution in [0.5, 0.6) is 0 Å². The highest BCUT2D eigenvalue weighted by molar-refractivity contribution is 9.10. The number of nitrogens with zero attached hydrogens (tertiary/aromatic N) is 2. The number of pyridine rings is 1. The fourth-order valence-electron chi connectivity index (χ4n) is 3.36. The molecule has 0 amide bonds. The van der Waals surface area contributed by atoms with Gasteiger partial charge in [0.1, 0.15) is 0 Å². The highest BCUT2D eigenvalue weighted by atomic mass is 79.9. The predicted molar refractivity (Wildman–Crippen MR) is 74.1 cm³/mol. The Hall–Kier alpha value is -0.770. The van der Waals surface area contributed by atoms with E-state index in [1.165, 1.54) is 32.1 Å². The number of fused-ring (bicyclic) bond motifs is 1. The molecular formula is C13H18BrN3. The molecule has 2 atom stereocenters. The van der Waals surface area contributed by atoms with Crippen molar-refractivity contribution in [1.82, 2.24) is 4.98 Å². The lowest BCUT2D eigenvalue weighted by atomic mass is 9.85. The molecule has 0 bridgehead atoms. The fraction of sp³-hybridized carbons (Fsp3) is 0.615. The zero-order valence-corrected chi connectivity index (χ0v) is 11.5. The maximum atomic E-state index is 6.09. The van der Waals surface area contributed by atoms with Gasteiger partial charge in [-0.1, -0.05) is 12.8 Å². The first-order valence-corrected chi connectivity index (χ1v) is 7.22. The minimum Gasteiger partial charge on any atom is -0.396 e. The second-order valence-electron chi connectivity index (χ2n) is 5.16. The van der Waals surface area contributed by atoms with Crippen LogP contribution in [0.1, 0.15) is 32.1 Å². The maximum Gasteiger partial charge on any atom is 0.152 e. The fourth-order valence-corrected chi connectivity index (χ4v) is 3.71. The molecule has 3 rings (SSSR count). The lowest BCUT2D eigenvalue weighted by Gasteiger charge is -2.32. The molecule has 2 heterocycles. The molecule has 2 N–H and O–H groups in total. The molecule has 1 aromatic rings. The number of rotatable bonds is 1. The average molecular weight is 296 g/mol. The van der Waals surface area contributed by atoms with Crippen LogP contribution < -0.4 is 10.6 Å². The smallest absolute Gasteiger partial charge is 0.152 e. The number of anilines is 2.